The van der Waals surface area contributed by atoms with Crippen LogP contribution < -0.4 is 0 Å². The highest BCUT2D eigenvalue weighted by molar-refractivity contribution is 9.10. The van der Waals surface area contributed by atoms with Crippen molar-refractivity contribution in [3.05, 3.63) is 106 Å². The van der Waals surface area contributed by atoms with Crippen LogP contribution in [-0.4, -0.2) is 10.4 Å². The molecule has 3 aromatic carbocycles. The molecule has 134 valence electrons. The highest BCUT2D eigenvalue weighted by Gasteiger charge is 2.20. The smallest absolute Gasteiger partial charge is 0.165 e. The lowest BCUT2D eigenvalue weighted by Gasteiger charge is -2.21. The second-order valence-corrected chi connectivity index (χ2v) is 7.76. The van der Waals surface area contributed by atoms with Crippen LogP contribution in [0.1, 0.15) is 33.9 Å². The van der Waals surface area contributed by atoms with E-state index in [1.54, 1.807) is 0 Å². The van der Waals surface area contributed by atoms with Crippen LogP contribution in [0.15, 0.2) is 89.5 Å². The first-order valence-electron chi connectivity index (χ1n) is 9.03. The van der Waals surface area contributed by atoms with Crippen LogP contribution in [0.2, 0.25) is 0 Å². The molecule has 27 heavy (non-hydrogen) atoms. The number of nitrogens with zero attached hydrogens (tertiary/aromatic N) is 1. The number of ketones is 1. The van der Waals surface area contributed by atoms with Crippen molar-refractivity contribution in [2.75, 3.05) is 0 Å². The lowest BCUT2D eigenvalue weighted by atomic mass is 9.97. The Balaban J connectivity index is 1.78. The zero-order valence-electron chi connectivity index (χ0n) is 15.1. The molecular weight excluding hydrogens is 398 g/mol. The third kappa shape index (κ3) is 3.74. The first-order valence-corrected chi connectivity index (χ1v) is 9.82. The van der Waals surface area contributed by atoms with Crippen molar-refractivity contribution in [1.29, 1.82) is 0 Å². The van der Waals surface area contributed by atoms with E-state index < -0.39 is 0 Å². The van der Waals surface area contributed by atoms with Crippen LogP contribution in [0.25, 0.3) is 10.9 Å². The van der Waals surface area contributed by atoms with Gasteiger partial charge in [0.05, 0.1) is 6.04 Å². The van der Waals surface area contributed by atoms with Crippen LogP contribution in [0.5, 0.6) is 0 Å². The summed E-state index contributed by atoms with van der Waals surface area (Å²) in [7, 11) is 0. The topological polar surface area (TPSA) is 22.0 Å². The second-order valence-electron chi connectivity index (χ2n) is 6.85. The minimum atomic E-state index is -0.0500. The summed E-state index contributed by atoms with van der Waals surface area (Å²) in [6, 6.07) is 26.3. The Morgan fingerprint density at radius 2 is 1.70 bits per heavy atom. The van der Waals surface area contributed by atoms with Crippen LogP contribution in [0.4, 0.5) is 0 Å². The Morgan fingerprint density at radius 3 is 2.44 bits per heavy atom. The van der Waals surface area contributed by atoms with Crippen molar-refractivity contribution in [2.45, 2.75) is 19.4 Å². The molecule has 1 atom stereocenters. The molecular formula is C24H20BrNO. The van der Waals surface area contributed by atoms with Crippen molar-refractivity contribution in [3.8, 4) is 0 Å². The molecule has 0 radical (unpaired) electrons. The molecule has 0 unspecified atom stereocenters. The van der Waals surface area contributed by atoms with E-state index in [1.807, 2.05) is 42.5 Å². The number of Topliss-reactive ketones (excluding diaryl/α,β-unsaturated/α-hetero) is 1. The van der Waals surface area contributed by atoms with Gasteiger partial charge in [0.15, 0.2) is 5.78 Å². The van der Waals surface area contributed by atoms with Gasteiger partial charge in [-0.25, -0.2) is 0 Å². The molecule has 0 bridgehead atoms. The van der Waals surface area contributed by atoms with Gasteiger partial charge < -0.3 is 4.57 Å². The highest BCUT2D eigenvalue weighted by Crippen LogP contribution is 2.30. The average Bonchev–Trinajstić information content (AvgIpc) is 3.10. The Kier molecular flexibility index (Phi) is 4.95. The number of aryl methyl sites for hydroxylation is 1. The molecule has 0 spiro atoms. The van der Waals surface area contributed by atoms with Gasteiger partial charge in [0.2, 0.25) is 0 Å². The van der Waals surface area contributed by atoms with E-state index in [0.29, 0.717) is 6.42 Å². The van der Waals surface area contributed by atoms with Crippen molar-refractivity contribution in [2.24, 2.45) is 0 Å². The summed E-state index contributed by atoms with van der Waals surface area (Å²) >= 11 is 3.50. The van der Waals surface area contributed by atoms with Gasteiger partial charge in [-0.1, -0.05) is 70.0 Å². The average molecular weight is 418 g/mol. The fourth-order valence-corrected chi connectivity index (χ4v) is 3.80. The summed E-state index contributed by atoms with van der Waals surface area (Å²) in [5.74, 6) is 0.150. The summed E-state index contributed by atoms with van der Waals surface area (Å²) in [5.41, 5.74) is 4.27. The predicted molar refractivity (Wildman–Crippen MR) is 114 cm³/mol. The van der Waals surface area contributed by atoms with Crippen molar-refractivity contribution >= 4 is 32.6 Å². The van der Waals surface area contributed by atoms with E-state index in [9.17, 15) is 4.79 Å². The minimum Gasteiger partial charge on any atom is -0.340 e. The molecule has 4 aromatic rings. The summed E-state index contributed by atoms with van der Waals surface area (Å²) in [4.78, 5) is 13.0. The van der Waals surface area contributed by atoms with Gasteiger partial charge in [0, 0.05) is 28.2 Å². The van der Waals surface area contributed by atoms with Gasteiger partial charge in [0.25, 0.3) is 0 Å². The van der Waals surface area contributed by atoms with Gasteiger partial charge in [-0.3, -0.25) is 4.79 Å². The number of halogens is 1. The molecule has 2 nitrogen and oxygen atoms in total. The number of hydrogen-bond donors (Lipinski definition) is 0. The quantitative estimate of drug-likeness (QED) is 0.336. The second kappa shape index (κ2) is 7.53. The predicted octanol–water partition coefficient (Wildman–Crippen LogP) is 6.57. The maximum Gasteiger partial charge on any atom is 0.165 e. The van der Waals surface area contributed by atoms with Crippen LogP contribution >= 0.6 is 15.9 Å². The number of rotatable bonds is 5. The molecule has 3 heteroatoms. The van der Waals surface area contributed by atoms with Gasteiger partial charge in [-0.05, 0) is 48.2 Å². The Labute approximate surface area is 167 Å². The monoisotopic (exact) mass is 417 g/mol. The fraction of sp³-hybridized carbons (Fsp3) is 0.125. The van der Waals surface area contributed by atoms with E-state index in [2.05, 4.69) is 70.0 Å². The zero-order valence-corrected chi connectivity index (χ0v) is 16.7. The number of fused-ring (bicyclic) bond motifs is 1. The van der Waals surface area contributed by atoms with E-state index in [0.717, 1.165) is 21.1 Å². The van der Waals surface area contributed by atoms with Crippen molar-refractivity contribution in [1.82, 2.24) is 4.57 Å². The molecule has 4 rings (SSSR count). The maximum absolute atomic E-state index is 13.0. The van der Waals surface area contributed by atoms with Crippen molar-refractivity contribution < 1.29 is 4.79 Å². The van der Waals surface area contributed by atoms with Crippen molar-refractivity contribution in [3.63, 3.8) is 0 Å². The van der Waals surface area contributed by atoms with E-state index in [-0.39, 0.29) is 11.8 Å². The summed E-state index contributed by atoms with van der Waals surface area (Å²) < 4.78 is 3.26. The Morgan fingerprint density at radius 1 is 0.963 bits per heavy atom. The molecule has 0 fully saturated rings. The molecule has 0 amide bonds. The summed E-state index contributed by atoms with van der Waals surface area (Å²) in [6.45, 7) is 2.10. The molecule has 1 aromatic heterocycles. The third-order valence-corrected chi connectivity index (χ3v) is 5.47. The maximum atomic E-state index is 13.0. The fourth-order valence-electron chi connectivity index (χ4n) is 3.53. The normalized spacial score (nSPS) is 12.2. The Bertz CT molecular complexity index is 1080. The molecule has 0 aliphatic carbocycles. The molecule has 0 aliphatic heterocycles. The van der Waals surface area contributed by atoms with Crippen LogP contribution in [-0.2, 0) is 0 Å². The first-order chi connectivity index (χ1) is 13.1. The number of carbonyl (C=O) groups excluding carboxylic acids is 1. The number of hydrogen-bond acceptors (Lipinski definition) is 1. The number of carbonyl (C=O) groups is 1. The molecule has 0 N–H and O–H groups in total. The first kappa shape index (κ1) is 17.7. The molecule has 0 saturated carbocycles. The third-order valence-electron chi connectivity index (χ3n) is 4.94. The minimum absolute atomic E-state index is 0.0500. The highest BCUT2D eigenvalue weighted by atomic mass is 79.9. The Hall–Kier alpha value is -2.65. The zero-order chi connectivity index (χ0) is 18.8. The molecule has 0 aliphatic rings. The SMILES string of the molecule is Cc1ccc2c(ccn2[C@H](CC(=O)c2ccccc2)c2ccc(Br)cc2)c1. The van der Waals surface area contributed by atoms with Crippen LogP contribution in [0, 0.1) is 6.92 Å². The van der Waals surface area contributed by atoms with Gasteiger partial charge in [-0.15, -0.1) is 0 Å². The van der Waals surface area contributed by atoms with E-state index in [1.165, 1.54) is 10.9 Å². The van der Waals surface area contributed by atoms with Gasteiger partial charge >= 0.3 is 0 Å². The number of aromatic nitrogens is 1. The summed E-state index contributed by atoms with van der Waals surface area (Å²) in [6.07, 6.45) is 2.51. The van der Waals surface area contributed by atoms with Crippen LogP contribution in [0.3, 0.4) is 0 Å². The van der Waals surface area contributed by atoms with Gasteiger partial charge in [0.1, 0.15) is 0 Å². The standard InChI is InChI=1S/C24H20BrNO/c1-17-7-12-22-20(15-17)13-14-26(22)23(18-8-10-21(25)11-9-18)16-24(27)19-5-3-2-4-6-19/h2-15,23H,16H2,1H3/t23-/m1/s1. The van der Waals surface area contributed by atoms with E-state index in [4.69, 9.17) is 0 Å². The molecule has 0 saturated heterocycles. The molecule has 1 heterocycles. The lowest BCUT2D eigenvalue weighted by molar-refractivity contribution is 0.0970. The van der Waals surface area contributed by atoms with Gasteiger partial charge in [-0.2, -0.15) is 0 Å². The number of benzene rings is 3. The lowest BCUT2D eigenvalue weighted by Crippen LogP contribution is -2.15. The largest absolute Gasteiger partial charge is 0.340 e. The van der Waals surface area contributed by atoms with E-state index >= 15 is 0 Å². The summed E-state index contributed by atoms with van der Waals surface area (Å²) in [5, 5.41) is 1.20.